The number of hydrogen-bond acceptors (Lipinski definition) is 6. The third-order valence-corrected chi connectivity index (χ3v) is 7.11. The van der Waals surface area contributed by atoms with E-state index in [1.807, 2.05) is 37.3 Å². The molecule has 3 atom stereocenters. The fourth-order valence-electron chi connectivity index (χ4n) is 4.76. The van der Waals surface area contributed by atoms with Gasteiger partial charge in [-0.05, 0) is 54.2 Å². The Balaban J connectivity index is 1.60. The van der Waals surface area contributed by atoms with Crippen LogP contribution < -0.4 is 10.2 Å². The number of anilines is 2. The number of likely N-dealkylation sites (N-methyl/N-ethyl adjacent to an activating group) is 1. The Bertz CT molecular complexity index is 1310. The van der Waals surface area contributed by atoms with Crippen LogP contribution in [0, 0.1) is 5.92 Å². The van der Waals surface area contributed by atoms with Crippen molar-refractivity contribution in [3.05, 3.63) is 71.0 Å². The van der Waals surface area contributed by atoms with Gasteiger partial charge in [-0.1, -0.05) is 30.7 Å². The van der Waals surface area contributed by atoms with Gasteiger partial charge in [0.05, 0.1) is 5.92 Å². The summed E-state index contributed by atoms with van der Waals surface area (Å²) in [5, 5.41) is 7.88. The topological polar surface area (TPSA) is 100 Å². The molecule has 3 aromatic rings. The van der Waals surface area contributed by atoms with Gasteiger partial charge >= 0.3 is 0 Å². The Morgan fingerprint density at radius 2 is 2.00 bits per heavy atom. The number of imide groups is 1. The van der Waals surface area contributed by atoms with E-state index in [0.717, 1.165) is 16.0 Å². The second-order valence-electron chi connectivity index (χ2n) is 9.27. The number of benzene rings is 1. The van der Waals surface area contributed by atoms with Crippen LogP contribution in [0.4, 0.5) is 11.6 Å². The van der Waals surface area contributed by atoms with Crippen LogP contribution in [0.25, 0.3) is 0 Å². The maximum Gasteiger partial charge on any atom is 0.252 e. The zero-order chi connectivity index (χ0) is 26.7. The lowest BCUT2D eigenvalue weighted by Gasteiger charge is -2.46. The maximum atomic E-state index is 13.7. The lowest BCUT2D eigenvalue weighted by atomic mass is 9.80. The first-order chi connectivity index (χ1) is 17.7. The van der Waals surface area contributed by atoms with Crippen LogP contribution in [0.2, 0.25) is 5.02 Å². The van der Waals surface area contributed by atoms with E-state index in [1.165, 1.54) is 4.90 Å². The molecule has 2 aromatic heterocycles. The number of nitrogens with zero attached hydrogens (tertiary/aromatic N) is 5. The molecule has 10 heteroatoms. The summed E-state index contributed by atoms with van der Waals surface area (Å²) < 4.78 is 1.60. The summed E-state index contributed by atoms with van der Waals surface area (Å²) in [5.41, 5.74) is 1.78. The molecule has 0 bridgehead atoms. The summed E-state index contributed by atoms with van der Waals surface area (Å²) in [7, 11) is 5.13. The van der Waals surface area contributed by atoms with E-state index in [1.54, 1.807) is 50.4 Å². The average molecular weight is 523 g/mol. The van der Waals surface area contributed by atoms with Crippen LogP contribution in [0.15, 0.2) is 54.9 Å². The monoisotopic (exact) mass is 522 g/mol. The lowest BCUT2D eigenvalue weighted by molar-refractivity contribution is -0.170. The highest BCUT2D eigenvalue weighted by molar-refractivity contribution is 6.30. The smallest absolute Gasteiger partial charge is 0.252 e. The second-order valence-corrected chi connectivity index (χ2v) is 9.70. The number of halogens is 1. The van der Waals surface area contributed by atoms with Crippen molar-refractivity contribution in [1.82, 2.24) is 19.7 Å². The van der Waals surface area contributed by atoms with Crippen molar-refractivity contribution in [2.75, 3.05) is 24.3 Å². The van der Waals surface area contributed by atoms with Gasteiger partial charge < -0.3 is 5.32 Å². The molecule has 9 nitrogen and oxygen atoms in total. The maximum absolute atomic E-state index is 13.7. The molecule has 1 fully saturated rings. The van der Waals surface area contributed by atoms with Gasteiger partial charge in [0.25, 0.3) is 5.91 Å². The highest BCUT2D eigenvalue weighted by atomic mass is 35.5. The number of aromatic nitrogens is 3. The number of nitrogens with one attached hydrogen (secondary N) is 1. The summed E-state index contributed by atoms with van der Waals surface area (Å²) in [5.74, 6) is -0.743. The van der Waals surface area contributed by atoms with E-state index < -0.39 is 12.0 Å². The van der Waals surface area contributed by atoms with Crippen molar-refractivity contribution in [2.45, 2.75) is 38.1 Å². The van der Waals surface area contributed by atoms with Gasteiger partial charge in [-0.25, -0.2) is 4.98 Å². The summed E-state index contributed by atoms with van der Waals surface area (Å²) in [4.78, 5) is 47.3. The van der Waals surface area contributed by atoms with E-state index in [2.05, 4.69) is 15.4 Å². The van der Waals surface area contributed by atoms with Crippen LogP contribution in [0.3, 0.4) is 0 Å². The number of rotatable bonds is 9. The van der Waals surface area contributed by atoms with Crippen LogP contribution in [-0.4, -0.2) is 57.5 Å². The van der Waals surface area contributed by atoms with E-state index in [-0.39, 0.29) is 30.1 Å². The number of likely N-dealkylation sites (tertiary alicyclic amines) is 1. The van der Waals surface area contributed by atoms with E-state index in [4.69, 9.17) is 11.6 Å². The standard InChI is InChI=1S/C27H31ClN6O3/c1-5-18(19-7-6-8-20(28)15-19)16-24(35)34-25(27(37)33(4)23-10-12-32(3)31-23)21(26(34)36)13-17-9-11-30-22(14-17)29-2/h6-12,14-15,18,21,25H,5,13,16H2,1-4H3,(H,29,30)/t18-,21+,25-/m0/s1. The first kappa shape index (κ1) is 26.3. The van der Waals surface area contributed by atoms with Gasteiger partial charge in [0.2, 0.25) is 11.8 Å². The molecule has 1 saturated heterocycles. The van der Waals surface area contributed by atoms with E-state index in [9.17, 15) is 14.4 Å². The van der Waals surface area contributed by atoms with Crippen LogP contribution in [0.1, 0.15) is 36.8 Å². The largest absolute Gasteiger partial charge is 0.373 e. The molecular weight excluding hydrogens is 492 g/mol. The second kappa shape index (κ2) is 11.1. The van der Waals surface area contributed by atoms with E-state index >= 15 is 0 Å². The van der Waals surface area contributed by atoms with Crippen LogP contribution >= 0.6 is 11.6 Å². The Labute approximate surface area is 221 Å². The lowest BCUT2D eigenvalue weighted by Crippen LogP contribution is -2.69. The van der Waals surface area contributed by atoms with Gasteiger partial charge in [0, 0.05) is 51.0 Å². The molecule has 1 aliphatic heterocycles. The molecule has 1 aromatic carbocycles. The van der Waals surface area contributed by atoms with Crippen molar-refractivity contribution < 1.29 is 14.4 Å². The molecule has 0 spiro atoms. The molecule has 0 radical (unpaired) electrons. The van der Waals surface area contributed by atoms with Crippen LogP contribution in [0.5, 0.6) is 0 Å². The molecule has 3 heterocycles. The average Bonchev–Trinajstić information content (AvgIpc) is 3.34. The summed E-state index contributed by atoms with van der Waals surface area (Å²) in [6.45, 7) is 1.99. The molecule has 0 aliphatic carbocycles. The fraction of sp³-hybridized carbons (Fsp3) is 0.370. The zero-order valence-electron chi connectivity index (χ0n) is 21.4. The number of aryl methyl sites for hydroxylation is 1. The number of carbonyl (C=O) groups excluding carboxylic acids is 3. The highest BCUT2D eigenvalue weighted by Gasteiger charge is 2.55. The molecule has 194 valence electrons. The Kier molecular flexibility index (Phi) is 7.92. The first-order valence-corrected chi connectivity index (χ1v) is 12.6. The third-order valence-electron chi connectivity index (χ3n) is 6.88. The molecule has 0 saturated carbocycles. The number of carbonyl (C=O) groups is 3. The quantitative estimate of drug-likeness (QED) is 0.430. The van der Waals surface area contributed by atoms with Gasteiger partial charge in [-0.15, -0.1) is 0 Å². The van der Waals surface area contributed by atoms with Gasteiger partial charge in [-0.3, -0.25) is 28.9 Å². The number of hydrogen-bond donors (Lipinski definition) is 1. The molecule has 37 heavy (non-hydrogen) atoms. The molecule has 1 N–H and O–H groups in total. The molecular formula is C27H31ClN6O3. The fourth-order valence-corrected chi connectivity index (χ4v) is 4.96. The molecule has 3 amide bonds. The van der Waals surface area contributed by atoms with E-state index in [0.29, 0.717) is 29.5 Å². The van der Waals surface area contributed by atoms with Crippen molar-refractivity contribution >= 4 is 41.0 Å². The Hall–Kier alpha value is -3.72. The summed E-state index contributed by atoms with van der Waals surface area (Å²) in [6.07, 6.45) is 4.50. The first-order valence-electron chi connectivity index (χ1n) is 12.2. The minimum absolute atomic E-state index is 0.103. The summed E-state index contributed by atoms with van der Waals surface area (Å²) >= 11 is 6.17. The molecule has 1 aliphatic rings. The van der Waals surface area contributed by atoms with Crippen molar-refractivity contribution in [1.29, 1.82) is 0 Å². The molecule has 0 unspecified atom stereocenters. The number of amides is 3. The van der Waals surface area contributed by atoms with Crippen molar-refractivity contribution in [2.24, 2.45) is 13.0 Å². The predicted molar refractivity (Wildman–Crippen MR) is 142 cm³/mol. The zero-order valence-corrected chi connectivity index (χ0v) is 22.1. The third kappa shape index (κ3) is 5.51. The van der Waals surface area contributed by atoms with Crippen molar-refractivity contribution in [3.63, 3.8) is 0 Å². The van der Waals surface area contributed by atoms with Crippen molar-refractivity contribution in [3.8, 4) is 0 Å². The highest BCUT2D eigenvalue weighted by Crippen LogP contribution is 2.35. The minimum atomic E-state index is -0.921. The number of pyridine rings is 1. The SMILES string of the molecule is CC[C@@H](CC(=O)N1C(=O)[C@H](Cc2ccnc(NC)c2)[C@H]1C(=O)N(C)c1ccn(C)n1)c1cccc(Cl)c1. The predicted octanol–water partition coefficient (Wildman–Crippen LogP) is 3.65. The van der Waals surface area contributed by atoms with Gasteiger partial charge in [-0.2, -0.15) is 5.10 Å². The minimum Gasteiger partial charge on any atom is -0.373 e. The Morgan fingerprint density at radius 3 is 2.65 bits per heavy atom. The number of β-lactam (4-membered cyclic amide) rings is 1. The molecule has 4 rings (SSSR count). The Morgan fingerprint density at radius 1 is 1.22 bits per heavy atom. The summed E-state index contributed by atoms with van der Waals surface area (Å²) in [6, 6.07) is 11.8. The van der Waals surface area contributed by atoms with Crippen LogP contribution in [-0.2, 0) is 27.9 Å². The van der Waals surface area contributed by atoms with Gasteiger partial charge in [0.15, 0.2) is 5.82 Å². The van der Waals surface area contributed by atoms with Gasteiger partial charge in [0.1, 0.15) is 11.9 Å². The normalized spacial score (nSPS) is 17.8.